The third kappa shape index (κ3) is 7.41. The summed E-state index contributed by atoms with van der Waals surface area (Å²) in [5, 5.41) is 0. The zero-order valence-corrected chi connectivity index (χ0v) is 19.4. The van der Waals surface area contributed by atoms with Crippen LogP contribution in [0.25, 0.3) is 11.0 Å². The molecule has 1 aromatic carbocycles. The molecule has 1 saturated heterocycles. The van der Waals surface area contributed by atoms with E-state index in [1.54, 1.807) is 0 Å². The van der Waals surface area contributed by atoms with E-state index in [-0.39, 0.29) is 6.10 Å². The quantitative estimate of drug-likeness (QED) is 0.259. The lowest BCUT2D eigenvalue weighted by Gasteiger charge is -2.13. The van der Waals surface area contributed by atoms with Crippen LogP contribution in [-0.2, 0) is 11.3 Å². The maximum absolute atomic E-state index is 5.95. The van der Waals surface area contributed by atoms with Crippen molar-refractivity contribution in [3.8, 4) is 0 Å². The molecule has 1 aliphatic rings. The predicted octanol–water partition coefficient (Wildman–Crippen LogP) is 8.37. The smallest absolute Gasteiger partial charge is 0.139 e. The van der Waals surface area contributed by atoms with Crippen molar-refractivity contribution in [2.24, 2.45) is 0 Å². The second-order valence-electron chi connectivity index (χ2n) is 9.21. The minimum atomic E-state index is 0.198. The van der Waals surface area contributed by atoms with Gasteiger partial charge in [0, 0.05) is 13.2 Å². The Balaban J connectivity index is 1.27. The van der Waals surface area contributed by atoms with Gasteiger partial charge >= 0.3 is 0 Å². The van der Waals surface area contributed by atoms with Crippen LogP contribution in [0.5, 0.6) is 0 Å². The van der Waals surface area contributed by atoms with E-state index in [9.17, 15) is 0 Å². The molecule has 3 rings (SSSR count). The van der Waals surface area contributed by atoms with Crippen LogP contribution in [0.1, 0.15) is 122 Å². The van der Waals surface area contributed by atoms with Crippen LogP contribution in [0.3, 0.4) is 0 Å². The minimum absolute atomic E-state index is 0.198. The number of aryl methyl sites for hydroxylation is 1. The summed E-state index contributed by atoms with van der Waals surface area (Å²) in [5.74, 6) is 1.16. The molecule has 168 valence electrons. The van der Waals surface area contributed by atoms with Gasteiger partial charge in [-0.25, -0.2) is 4.98 Å². The maximum atomic E-state index is 5.95. The summed E-state index contributed by atoms with van der Waals surface area (Å²) in [4.78, 5) is 4.92. The molecule has 0 saturated carbocycles. The number of unbranched alkanes of at least 4 members (excludes halogenated alkanes) is 13. The summed E-state index contributed by atoms with van der Waals surface area (Å²) in [5.41, 5.74) is 2.39. The van der Waals surface area contributed by atoms with Crippen LogP contribution in [0, 0.1) is 0 Å². The zero-order valence-electron chi connectivity index (χ0n) is 19.4. The molecule has 0 aliphatic carbocycles. The van der Waals surface area contributed by atoms with Crippen LogP contribution in [0.4, 0.5) is 0 Å². The van der Waals surface area contributed by atoms with E-state index in [0.29, 0.717) is 0 Å². The van der Waals surface area contributed by atoms with Crippen LogP contribution in [-0.4, -0.2) is 16.2 Å². The van der Waals surface area contributed by atoms with Crippen molar-refractivity contribution >= 4 is 11.0 Å². The third-order valence-electron chi connectivity index (χ3n) is 6.64. The lowest BCUT2D eigenvalue weighted by molar-refractivity contribution is 0.102. The molecule has 1 aliphatic heterocycles. The van der Waals surface area contributed by atoms with Crippen molar-refractivity contribution in [3.05, 3.63) is 30.1 Å². The standard InChI is InChI=1S/C27H44N2O/c1-2-3-4-5-6-7-8-9-10-11-12-13-14-17-22-29-25-20-16-15-19-24(25)28-27(29)26-21-18-23-30-26/h15-16,19-20,26H,2-14,17-18,21-23H2,1H3. The second-order valence-corrected chi connectivity index (χ2v) is 9.21. The first-order valence-corrected chi connectivity index (χ1v) is 13.0. The van der Waals surface area contributed by atoms with Gasteiger partial charge in [0.1, 0.15) is 11.9 Å². The number of aromatic nitrogens is 2. The molecule has 1 fully saturated rings. The highest BCUT2D eigenvalue weighted by molar-refractivity contribution is 5.76. The SMILES string of the molecule is CCCCCCCCCCCCCCCCn1c(C2CCCO2)nc2ccccc21. The molecule has 0 radical (unpaired) electrons. The van der Waals surface area contributed by atoms with Gasteiger partial charge in [-0.3, -0.25) is 0 Å². The molecule has 3 heteroatoms. The van der Waals surface area contributed by atoms with Gasteiger partial charge in [0.05, 0.1) is 11.0 Å². The Labute approximate surface area is 184 Å². The Morgan fingerprint density at radius 3 is 2.03 bits per heavy atom. The number of para-hydroxylation sites is 2. The van der Waals surface area contributed by atoms with Crippen molar-refractivity contribution in [1.29, 1.82) is 0 Å². The topological polar surface area (TPSA) is 27.1 Å². The van der Waals surface area contributed by atoms with E-state index < -0.39 is 0 Å². The number of imidazole rings is 1. The number of benzene rings is 1. The summed E-state index contributed by atoms with van der Waals surface area (Å²) >= 11 is 0. The highest BCUT2D eigenvalue weighted by Crippen LogP contribution is 2.31. The minimum Gasteiger partial charge on any atom is -0.370 e. The molecular weight excluding hydrogens is 368 g/mol. The maximum Gasteiger partial charge on any atom is 0.139 e. The lowest BCUT2D eigenvalue weighted by atomic mass is 10.0. The van der Waals surface area contributed by atoms with E-state index in [1.807, 2.05) is 0 Å². The Hall–Kier alpha value is -1.35. The molecule has 1 atom stereocenters. The highest BCUT2D eigenvalue weighted by atomic mass is 16.5. The third-order valence-corrected chi connectivity index (χ3v) is 6.64. The van der Waals surface area contributed by atoms with Gasteiger partial charge in [-0.1, -0.05) is 103 Å². The van der Waals surface area contributed by atoms with Crippen molar-refractivity contribution in [3.63, 3.8) is 0 Å². The molecule has 30 heavy (non-hydrogen) atoms. The Bertz CT molecular complexity index is 702. The fourth-order valence-electron chi connectivity index (χ4n) is 4.82. The monoisotopic (exact) mass is 412 g/mol. The molecule has 1 unspecified atom stereocenters. The van der Waals surface area contributed by atoms with Gasteiger partial charge in [-0.2, -0.15) is 0 Å². The highest BCUT2D eigenvalue weighted by Gasteiger charge is 2.24. The Kier molecular flexibility index (Phi) is 10.8. The van der Waals surface area contributed by atoms with Crippen LogP contribution in [0.15, 0.2) is 24.3 Å². The van der Waals surface area contributed by atoms with Crippen LogP contribution < -0.4 is 0 Å². The van der Waals surface area contributed by atoms with Crippen molar-refractivity contribution in [2.45, 2.75) is 122 Å². The molecule has 0 N–H and O–H groups in total. The summed E-state index contributed by atoms with van der Waals surface area (Å²) in [6.45, 7) is 4.25. The molecule has 2 heterocycles. The summed E-state index contributed by atoms with van der Waals surface area (Å²) in [6.07, 6.45) is 22.2. The van der Waals surface area contributed by atoms with Gasteiger partial charge in [0.25, 0.3) is 0 Å². The fraction of sp³-hybridized carbons (Fsp3) is 0.741. The largest absolute Gasteiger partial charge is 0.370 e. The van der Waals surface area contributed by atoms with Gasteiger partial charge in [0.15, 0.2) is 0 Å². The number of nitrogens with zero attached hydrogens (tertiary/aromatic N) is 2. The predicted molar refractivity (Wildman–Crippen MR) is 128 cm³/mol. The molecular formula is C27H44N2O. The Morgan fingerprint density at radius 2 is 1.43 bits per heavy atom. The molecule has 0 amide bonds. The summed E-state index contributed by atoms with van der Waals surface area (Å²) < 4.78 is 8.39. The fourth-order valence-corrected chi connectivity index (χ4v) is 4.82. The molecule has 0 spiro atoms. The number of hydrogen-bond acceptors (Lipinski definition) is 2. The van der Waals surface area contributed by atoms with E-state index in [2.05, 4.69) is 35.8 Å². The zero-order chi connectivity index (χ0) is 20.9. The first-order chi connectivity index (χ1) is 14.9. The number of fused-ring (bicyclic) bond motifs is 1. The van der Waals surface area contributed by atoms with E-state index in [1.165, 1.54) is 95.4 Å². The molecule has 1 aromatic heterocycles. The van der Waals surface area contributed by atoms with E-state index in [0.717, 1.165) is 37.3 Å². The molecule has 3 nitrogen and oxygen atoms in total. The van der Waals surface area contributed by atoms with Gasteiger partial charge in [-0.15, -0.1) is 0 Å². The van der Waals surface area contributed by atoms with Crippen LogP contribution >= 0.6 is 0 Å². The second kappa shape index (κ2) is 13.9. The number of rotatable bonds is 16. The number of hydrogen-bond donors (Lipinski definition) is 0. The molecule has 0 bridgehead atoms. The number of ether oxygens (including phenoxy) is 1. The first-order valence-electron chi connectivity index (χ1n) is 13.0. The summed E-state index contributed by atoms with van der Waals surface area (Å²) in [6, 6.07) is 8.57. The average molecular weight is 413 g/mol. The van der Waals surface area contributed by atoms with Gasteiger partial charge < -0.3 is 9.30 Å². The van der Waals surface area contributed by atoms with Crippen molar-refractivity contribution in [1.82, 2.24) is 9.55 Å². The van der Waals surface area contributed by atoms with E-state index >= 15 is 0 Å². The normalized spacial score (nSPS) is 16.6. The summed E-state index contributed by atoms with van der Waals surface area (Å²) in [7, 11) is 0. The van der Waals surface area contributed by atoms with E-state index in [4.69, 9.17) is 9.72 Å². The average Bonchev–Trinajstić information content (AvgIpc) is 3.42. The van der Waals surface area contributed by atoms with Gasteiger partial charge in [-0.05, 0) is 31.4 Å². The van der Waals surface area contributed by atoms with Crippen molar-refractivity contribution in [2.75, 3.05) is 6.61 Å². The van der Waals surface area contributed by atoms with Gasteiger partial charge in [0.2, 0.25) is 0 Å². The van der Waals surface area contributed by atoms with Crippen molar-refractivity contribution < 1.29 is 4.74 Å². The van der Waals surface area contributed by atoms with Crippen LogP contribution in [0.2, 0.25) is 0 Å². The molecule has 2 aromatic rings. The Morgan fingerprint density at radius 1 is 0.833 bits per heavy atom. The lowest BCUT2D eigenvalue weighted by Crippen LogP contribution is -2.09. The first kappa shape index (κ1) is 23.3.